The van der Waals surface area contributed by atoms with Crippen molar-refractivity contribution in [3.8, 4) is 0 Å². The van der Waals surface area contributed by atoms with Crippen molar-refractivity contribution in [1.29, 1.82) is 0 Å². The molecule has 5 aliphatic rings. The second kappa shape index (κ2) is 36.6. The van der Waals surface area contributed by atoms with Crippen LogP contribution in [0.3, 0.4) is 0 Å². The Kier molecular flexibility index (Phi) is 29.9. The van der Waals surface area contributed by atoms with E-state index in [9.17, 15) is 39.0 Å². The van der Waals surface area contributed by atoms with Crippen molar-refractivity contribution in [3.63, 3.8) is 0 Å². The lowest BCUT2D eigenvalue weighted by atomic mass is 9.92. The molecule has 0 aliphatic carbocycles. The number of rotatable bonds is 11. The Morgan fingerprint density at radius 2 is 0.814 bits per heavy atom. The highest BCUT2D eigenvalue weighted by Crippen LogP contribution is 2.31. The molecule has 5 heterocycles. The van der Waals surface area contributed by atoms with Gasteiger partial charge in [0.15, 0.2) is 6.10 Å². The molecule has 1 aromatic rings. The SMILES string of the molecule is CC[C@H](C)[C@@H]1NC(=O)[C@@H]2CCCN2C(=O)[C@H](C(C)C)N(C)C(=O)[C@@H](Cc2ccccc2)OC(=O)[C@@H]2CCCCN2C(=O)[C@H]([C@@H](C)CC)N(C)C(=O)[C@H](C(C)C)N(C)C(=O)[C@H]([C@@H](C)O)N(C)C(=O)[C@H](C(C)C)NC(=O)[C@H]([C@@H](C)O)N(C)C(=O)[C@@H]2CCCN2C(=O)[C@H](C)NC(=O)[C@@H]2CCCCN2C1=O. The zero-order valence-electron chi connectivity index (χ0n) is 63.6. The number of fused-ring (bicyclic) bond motifs is 4. The molecule has 0 bridgehead atoms. The first kappa shape index (κ1) is 83.2. The predicted octanol–water partition coefficient (Wildman–Crippen LogP) is 2.33. The Labute approximate surface area is 603 Å². The molecule has 0 saturated carbocycles. The molecule has 5 fully saturated rings. The van der Waals surface area contributed by atoms with Crippen molar-refractivity contribution in [2.24, 2.45) is 29.6 Å². The van der Waals surface area contributed by atoms with Crippen LogP contribution in [0.4, 0.5) is 0 Å². The lowest BCUT2D eigenvalue weighted by Crippen LogP contribution is -2.64. The summed E-state index contributed by atoms with van der Waals surface area (Å²) in [5.74, 6) is -12.2. The summed E-state index contributed by atoms with van der Waals surface area (Å²) in [6.45, 7) is 21.9. The molecule has 28 nitrogen and oxygen atoms in total. The standard InChI is InChI=1S/C74H118N12O16/c1-19-44(9)56-69(96)83-36-26-24-32-50(83)62(89)75-46(11)65(92)85-39-29-35-52(85)66(93)81(17)60(47(12)87)64(91)76-55(41(3)4)68(95)82(18)61(48(13)88)71(98)79(15)57(42(5)6)70(97)80(16)59(45(10)20-2)73(100)86-37-27-25-33-53(86)74(101)102-54(40-49-30-22-21-23-31-49)67(94)78(14)58(43(7)8)72(99)84-38-28-34-51(84)63(90)77-56/h21-23,30-31,41-48,50-61,87-88H,19-20,24-29,32-40H2,1-18H3,(H,75,89)(H,76,91)(H,77,90)/t44-,45-,46-,47+,48+,50-,51-,52-,53-,54+,55-,56-,57-,58-,59-,60-,61-/m0/s1. The van der Waals surface area contributed by atoms with Crippen LogP contribution >= 0.6 is 0 Å². The second-order valence-corrected chi connectivity index (χ2v) is 30.2. The molecule has 102 heavy (non-hydrogen) atoms. The maximum Gasteiger partial charge on any atom is 0.329 e. The number of nitrogens with zero attached hydrogens (tertiary/aromatic N) is 9. The van der Waals surface area contributed by atoms with Crippen molar-refractivity contribution in [1.82, 2.24) is 60.0 Å². The van der Waals surface area contributed by atoms with Gasteiger partial charge in [-0.2, -0.15) is 0 Å². The summed E-state index contributed by atoms with van der Waals surface area (Å²) in [6.07, 6.45) is -0.392. The molecule has 6 rings (SSSR count). The number of aliphatic hydroxyl groups excluding tert-OH is 2. The van der Waals surface area contributed by atoms with E-state index < -0.39 is 197 Å². The van der Waals surface area contributed by atoms with Gasteiger partial charge in [0, 0.05) is 67.8 Å². The third-order valence-corrected chi connectivity index (χ3v) is 21.8. The van der Waals surface area contributed by atoms with E-state index in [0.29, 0.717) is 56.9 Å². The second-order valence-electron chi connectivity index (χ2n) is 30.2. The molecular weight excluding hydrogens is 1310 g/mol. The topological polar surface area (TPSA) is 337 Å². The summed E-state index contributed by atoms with van der Waals surface area (Å²) in [6, 6.07) is -6.56. The van der Waals surface area contributed by atoms with Crippen molar-refractivity contribution in [2.45, 2.75) is 264 Å². The van der Waals surface area contributed by atoms with Crippen LogP contribution in [-0.4, -0.2) is 283 Å². The van der Waals surface area contributed by atoms with Gasteiger partial charge < -0.3 is 75.0 Å². The van der Waals surface area contributed by atoms with Gasteiger partial charge in [0.25, 0.3) is 5.91 Å². The Morgan fingerprint density at radius 1 is 0.402 bits per heavy atom. The first-order valence-corrected chi connectivity index (χ1v) is 37.0. The van der Waals surface area contributed by atoms with Gasteiger partial charge in [0.05, 0.1) is 12.2 Å². The van der Waals surface area contributed by atoms with Gasteiger partial charge in [-0.15, -0.1) is 0 Å². The quantitative estimate of drug-likeness (QED) is 0.199. The molecule has 17 atom stereocenters. The normalized spacial score (nSPS) is 30.1. The number of ether oxygens (including phenoxy) is 1. The minimum Gasteiger partial charge on any atom is -0.450 e. The van der Waals surface area contributed by atoms with Crippen LogP contribution < -0.4 is 16.0 Å². The van der Waals surface area contributed by atoms with Crippen molar-refractivity contribution in [2.75, 3.05) is 61.4 Å². The fraction of sp³-hybridized carbons (Fsp3) is 0.743. The maximum atomic E-state index is 15.5. The van der Waals surface area contributed by atoms with Crippen molar-refractivity contribution >= 4 is 76.9 Å². The van der Waals surface area contributed by atoms with Gasteiger partial charge in [0.1, 0.15) is 72.5 Å². The molecule has 570 valence electrons. The van der Waals surface area contributed by atoms with Crippen LogP contribution in [-0.2, 0) is 73.5 Å². The number of carbonyl (C=O) groups excluding carboxylic acids is 13. The Bertz CT molecular complexity index is 3170. The number of benzene rings is 1. The van der Waals surface area contributed by atoms with Crippen molar-refractivity contribution in [3.05, 3.63) is 35.9 Å². The Morgan fingerprint density at radius 3 is 1.34 bits per heavy atom. The molecule has 5 N–H and O–H groups in total. The number of carbonyl (C=O) groups is 13. The number of likely N-dealkylation sites (N-methyl/N-ethyl adjacent to an activating group) is 5. The van der Waals surface area contributed by atoms with Gasteiger partial charge in [-0.05, 0) is 120 Å². The largest absolute Gasteiger partial charge is 0.450 e. The molecule has 0 radical (unpaired) electrons. The summed E-state index contributed by atoms with van der Waals surface area (Å²) < 4.78 is 6.33. The van der Waals surface area contributed by atoms with E-state index in [4.69, 9.17) is 4.74 Å². The van der Waals surface area contributed by atoms with Crippen LogP contribution in [0.1, 0.15) is 173 Å². The van der Waals surface area contributed by atoms with Crippen LogP contribution in [0.5, 0.6) is 0 Å². The summed E-state index contributed by atoms with van der Waals surface area (Å²) in [7, 11) is 6.79. The molecule has 0 unspecified atom stereocenters. The molecule has 5 saturated heterocycles. The van der Waals surface area contributed by atoms with E-state index in [1.807, 2.05) is 13.8 Å². The highest BCUT2D eigenvalue weighted by atomic mass is 16.6. The third kappa shape index (κ3) is 18.8. The average molecular weight is 1430 g/mol. The fourth-order valence-electron chi connectivity index (χ4n) is 15.6. The lowest BCUT2D eigenvalue weighted by molar-refractivity contribution is -0.171. The molecule has 5 aliphatic heterocycles. The first-order chi connectivity index (χ1) is 48.0. The number of hydrogen-bond acceptors (Lipinski definition) is 16. The zero-order chi connectivity index (χ0) is 76.2. The number of esters is 1. The highest BCUT2D eigenvalue weighted by Gasteiger charge is 2.50. The number of nitrogens with one attached hydrogen (secondary N) is 3. The van der Waals surface area contributed by atoms with Gasteiger partial charge in [0.2, 0.25) is 65.0 Å². The van der Waals surface area contributed by atoms with E-state index in [1.165, 1.54) is 85.4 Å². The molecular formula is C74H118N12O16. The van der Waals surface area contributed by atoms with E-state index in [1.54, 1.807) is 85.7 Å². The minimum absolute atomic E-state index is 0.0803. The molecule has 0 spiro atoms. The van der Waals surface area contributed by atoms with E-state index >= 15 is 33.6 Å². The summed E-state index contributed by atoms with van der Waals surface area (Å²) in [5, 5.41) is 31.2. The molecule has 12 amide bonds. The van der Waals surface area contributed by atoms with Gasteiger partial charge in [-0.1, -0.05) is 112 Å². The lowest BCUT2D eigenvalue weighted by Gasteiger charge is -2.43. The average Bonchev–Trinajstić information content (AvgIpc) is 1.18. The van der Waals surface area contributed by atoms with E-state index in [2.05, 4.69) is 16.0 Å². The third-order valence-electron chi connectivity index (χ3n) is 21.8. The summed E-state index contributed by atoms with van der Waals surface area (Å²) in [5.41, 5.74) is 0.621. The smallest absolute Gasteiger partial charge is 0.329 e. The highest BCUT2D eigenvalue weighted by molar-refractivity contribution is 6.01. The van der Waals surface area contributed by atoms with Crippen LogP contribution in [0.2, 0.25) is 0 Å². The van der Waals surface area contributed by atoms with Crippen molar-refractivity contribution < 1.29 is 77.3 Å². The Hall–Kier alpha value is -7.75. The van der Waals surface area contributed by atoms with E-state index in [0.717, 1.165) is 14.7 Å². The van der Waals surface area contributed by atoms with Gasteiger partial charge in [-0.25, -0.2) is 4.79 Å². The number of aliphatic hydroxyl groups is 2. The van der Waals surface area contributed by atoms with Crippen LogP contribution in [0.15, 0.2) is 30.3 Å². The summed E-state index contributed by atoms with van der Waals surface area (Å²) >= 11 is 0. The molecule has 28 heteroatoms. The number of amides is 12. The Balaban J connectivity index is 1.43. The van der Waals surface area contributed by atoms with Gasteiger partial charge in [-0.3, -0.25) is 57.5 Å². The molecule has 0 aromatic heterocycles. The molecule has 1 aromatic carbocycles. The van der Waals surface area contributed by atoms with Crippen LogP contribution in [0, 0.1) is 29.6 Å². The maximum absolute atomic E-state index is 15.5. The van der Waals surface area contributed by atoms with Gasteiger partial charge >= 0.3 is 5.97 Å². The predicted molar refractivity (Wildman–Crippen MR) is 379 cm³/mol. The number of cyclic esters (lactones) is 1. The minimum atomic E-state index is -1.67. The monoisotopic (exact) mass is 1430 g/mol. The number of hydrogen-bond donors (Lipinski definition) is 5. The van der Waals surface area contributed by atoms with Crippen LogP contribution in [0.25, 0.3) is 0 Å². The number of piperidine rings is 2. The first-order valence-electron chi connectivity index (χ1n) is 37.0. The zero-order valence-corrected chi connectivity index (χ0v) is 63.6. The van der Waals surface area contributed by atoms with E-state index in [-0.39, 0.29) is 58.3 Å². The fourth-order valence-corrected chi connectivity index (χ4v) is 15.6. The summed E-state index contributed by atoms with van der Waals surface area (Å²) in [4.78, 5) is 206.